The highest BCUT2D eigenvalue weighted by Crippen LogP contribution is 2.12. The first kappa shape index (κ1) is 11.1. The van der Waals surface area contributed by atoms with Gasteiger partial charge in [0.1, 0.15) is 5.76 Å². The molecule has 0 saturated carbocycles. The first-order valence-corrected chi connectivity index (χ1v) is 5.75. The van der Waals surface area contributed by atoms with Crippen molar-refractivity contribution in [2.75, 3.05) is 26.2 Å². The summed E-state index contributed by atoms with van der Waals surface area (Å²) in [4.78, 5) is 18.0. The van der Waals surface area contributed by atoms with Crippen molar-refractivity contribution in [1.82, 2.24) is 15.2 Å². The maximum absolute atomic E-state index is 12.1. The van der Waals surface area contributed by atoms with E-state index in [1.165, 1.54) is 6.39 Å². The third kappa shape index (κ3) is 2.24. The van der Waals surface area contributed by atoms with Gasteiger partial charge >= 0.3 is 0 Å². The molecule has 0 spiro atoms. The van der Waals surface area contributed by atoms with E-state index in [0.29, 0.717) is 11.5 Å². The normalized spacial score (nSPS) is 16.4. The number of amides is 1. The monoisotopic (exact) mass is 223 g/mol. The second kappa shape index (κ2) is 5.12. The van der Waals surface area contributed by atoms with Crippen LogP contribution in [0.15, 0.2) is 10.8 Å². The number of piperazine rings is 1. The Morgan fingerprint density at radius 3 is 3.00 bits per heavy atom. The molecule has 1 aliphatic rings. The lowest BCUT2D eigenvalue weighted by molar-refractivity contribution is 0.0728. The number of nitrogens with zero attached hydrogens (tertiary/aromatic N) is 2. The predicted molar refractivity (Wildman–Crippen MR) is 59.3 cm³/mol. The van der Waals surface area contributed by atoms with Gasteiger partial charge in [0.05, 0.1) is 0 Å². The molecule has 0 aliphatic carbocycles. The van der Waals surface area contributed by atoms with Crippen LogP contribution in [0.5, 0.6) is 0 Å². The van der Waals surface area contributed by atoms with Gasteiger partial charge in [-0.25, -0.2) is 4.98 Å². The Balaban J connectivity index is 2.09. The van der Waals surface area contributed by atoms with Crippen molar-refractivity contribution in [3.63, 3.8) is 0 Å². The third-order valence-electron chi connectivity index (χ3n) is 2.72. The Labute approximate surface area is 94.8 Å². The fraction of sp³-hybridized carbons (Fsp3) is 0.636. The molecule has 2 heterocycles. The zero-order valence-corrected chi connectivity index (χ0v) is 9.53. The van der Waals surface area contributed by atoms with Gasteiger partial charge in [-0.1, -0.05) is 6.92 Å². The molecule has 88 valence electrons. The second-order valence-corrected chi connectivity index (χ2v) is 3.92. The van der Waals surface area contributed by atoms with Gasteiger partial charge in [-0.3, -0.25) is 4.79 Å². The Morgan fingerprint density at radius 1 is 1.56 bits per heavy atom. The van der Waals surface area contributed by atoms with Crippen LogP contribution in [-0.2, 0) is 6.42 Å². The van der Waals surface area contributed by atoms with E-state index >= 15 is 0 Å². The average Bonchev–Trinajstić information content (AvgIpc) is 2.78. The number of nitrogens with one attached hydrogen (secondary N) is 1. The molecule has 1 aliphatic heterocycles. The Morgan fingerprint density at radius 2 is 2.31 bits per heavy atom. The molecule has 16 heavy (non-hydrogen) atoms. The number of hydrogen-bond acceptors (Lipinski definition) is 4. The van der Waals surface area contributed by atoms with Crippen molar-refractivity contribution < 1.29 is 9.21 Å². The zero-order chi connectivity index (χ0) is 11.4. The van der Waals surface area contributed by atoms with E-state index in [9.17, 15) is 4.79 Å². The maximum atomic E-state index is 12.1. The molecule has 5 nitrogen and oxygen atoms in total. The van der Waals surface area contributed by atoms with Crippen molar-refractivity contribution in [3.8, 4) is 0 Å². The number of carbonyl (C=O) groups is 1. The summed E-state index contributed by atoms with van der Waals surface area (Å²) in [5.74, 6) is 0.713. The van der Waals surface area contributed by atoms with E-state index in [1.54, 1.807) is 0 Å². The lowest BCUT2D eigenvalue weighted by Crippen LogP contribution is -2.46. The molecule has 0 atom stereocenters. The molecule has 1 amide bonds. The lowest BCUT2D eigenvalue weighted by atomic mass is 10.2. The molecular formula is C11H17N3O2. The van der Waals surface area contributed by atoms with Gasteiger partial charge in [-0.2, -0.15) is 0 Å². The van der Waals surface area contributed by atoms with Crippen LogP contribution in [0.3, 0.4) is 0 Å². The van der Waals surface area contributed by atoms with Gasteiger partial charge in [0.15, 0.2) is 12.1 Å². The predicted octanol–water partition coefficient (Wildman–Crippen LogP) is 0.672. The van der Waals surface area contributed by atoms with Crippen LogP contribution in [0.1, 0.15) is 29.6 Å². The smallest absolute Gasteiger partial charge is 0.276 e. The maximum Gasteiger partial charge on any atom is 0.276 e. The highest BCUT2D eigenvalue weighted by Gasteiger charge is 2.23. The molecule has 1 N–H and O–H groups in total. The minimum absolute atomic E-state index is 0.00120. The van der Waals surface area contributed by atoms with Gasteiger partial charge in [0, 0.05) is 32.6 Å². The number of hydrogen-bond donors (Lipinski definition) is 1. The first-order valence-electron chi connectivity index (χ1n) is 5.75. The summed E-state index contributed by atoms with van der Waals surface area (Å²) in [5.41, 5.74) is 0.490. The summed E-state index contributed by atoms with van der Waals surface area (Å²) in [6.07, 6.45) is 3.09. The number of aromatic nitrogens is 1. The van der Waals surface area contributed by atoms with Crippen LogP contribution in [0.4, 0.5) is 0 Å². The molecule has 1 aromatic rings. The van der Waals surface area contributed by atoms with Gasteiger partial charge in [-0.05, 0) is 6.42 Å². The standard InChI is InChI=1S/C11H17N3O2/c1-2-3-9-10(13-8-16-9)11(15)14-6-4-12-5-7-14/h8,12H,2-7H2,1H3. The summed E-state index contributed by atoms with van der Waals surface area (Å²) >= 11 is 0. The van der Waals surface area contributed by atoms with Crippen molar-refractivity contribution in [1.29, 1.82) is 0 Å². The Hall–Kier alpha value is -1.36. The van der Waals surface area contributed by atoms with E-state index in [-0.39, 0.29) is 5.91 Å². The first-order chi connectivity index (χ1) is 7.83. The fourth-order valence-electron chi connectivity index (χ4n) is 1.87. The van der Waals surface area contributed by atoms with Crippen LogP contribution in [0.2, 0.25) is 0 Å². The summed E-state index contributed by atoms with van der Waals surface area (Å²) in [7, 11) is 0. The van der Waals surface area contributed by atoms with Crippen molar-refractivity contribution in [2.45, 2.75) is 19.8 Å². The highest BCUT2D eigenvalue weighted by atomic mass is 16.3. The molecule has 0 radical (unpaired) electrons. The summed E-state index contributed by atoms with van der Waals surface area (Å²) < 4.78 is 5.24. The van der Waals surface area contributed by atoms with E-state index in [1.807, 2.05) is 4.90 Å². The summed E-state index contributed by atoms with van der Waals surface area (Å²) in [5, 5.41) is 3.22. The molecule has 0 bridgehead atoms. The quantitative estimate of drug-likeness (QED) is 0.818. The lowest BCUT2D eigenvalue weighted by Gasteiger charge is -2.26. The van der Waals surface area contributed by atoms with E-state index in [0.717, 1.165) is 39.0 Å². The number of carbonyl (C=O) groups excluding carboxylic acids is 1. The highest BCUT2D eigenvalue weighted by molar-refractivity contribution is 5.93. The van der Waals surface area contributed by atoms with E-state index in [4.69, 9.17) is 4.42 Å². The van der Waals surface area contributed by atoms with Crippen LogP contribution in [0, 0.1) is 0 Å². The summed E-state index contributed by atoms with van der Waals surface area (Å²) in [6.45, 7) is 5.26. The molecule has 1 fully saturated rings. The Bertz CT molecular complexity index is 356. The van der Waals surface area contributed by atoms with Gasteiger partial charge in [0.2, 0.25) is 0 Å². The molecule has 5 heteroatoms. The molecular weight excluding hydrogens is 206 g/mol. The fourth-order valence-corrected chi connectivity index (χ4v) is 1.87. The molecule has 0 unspecified atom stereocenters. The summed E-state index contributed by atoms with van der Waals surface area (Å²) in [6, 6.07) is 0. The van der Waals surface area contributed by atoms with Crippen molar-refractivity contribution in [2.24, 2.45) is 0 Å². The largest absolute Gasteiger partial charge is 0.448 e. The molecule has 1 aromatic heterocycles. The third-order valence-corrected chi connectivity index (χ3v) is 2.72. The SMILES string of the molecule is CCCc1ocnc1C(=O)N1CCNCC1. The minimum Gasteiger partial charge on any atom is -0.448 e. The van der Waals surface area contributed by atoms with Crippen LogP contribution in [0.25, 0.3) is 0 Å². The van der Waals surface area contributed by atoms with Crippen LogP contribution < -0.4 is 5.32 Å². The van der Waals surface area contributed by atoms with E-state index in [2.05, 4.69) is 17.2 Å². The minimum atomic E-state index is -0.00120. The van der Waals surface area contributed by atoms with Crippen molar-refractivity contribution >= 4 is 5.91 Å². The van der Waals surface area contributed by atoms with Gasteiger partial charge in [-0.15, -0.1) is 0 Å². The van der Waals surface area contributed by atoms with Crippen LogP contribution in [-0.4, -0.2) is 42.0 Å². The number of rotatable bonds is 3. The average molecular weight is 223 g/mol. The van der Waals surface area contributed by atoms with Crippen LogP contribution >= 0.6 is 0 Å². The van der Waals surface area contributed by atoms with Crippen molar-refractivity contribution in [3.05, 3.63) is 17.8 Å². The topological polar surface area (TPSA) is 58.4 Å². The zero-order valence-electron chi connectivity index (χ0n) is 9.53. The van der Waals surface area contributed by atoms with Gasteiger partial charge in [0.25, 0.3) is 5.91 Å². The number of aryl methyl sites for hydroxylation is 1. The molecule has 2 rings (SSSR count). The van der Waals surface area contributed by atoms with Gasteiger partial charge < -0.3 is 14.6 Å². The number of oxazole rings is 1. The molecule has 0 aromatic carbocycles. The van der Waals surface area contributed by atoms with E-state index < -0.39 is 0 Å². The second-order valence-electron chi connectivity index (χ2n) is 3.92. The Kier molecular flexibility index (Phi) is 3.56. The molecule has 1 saturated heterocycles.